The Morgan fingerprint density at radius 1 is 1.03 bits per heavy atom. The Morgan fingerprint density at radius 3 is 2.31 bits per heavy atom. The van der Waals surface area contributed by atoms with E-state index < -0.39 is 17.7 Å². The summed E-state index contributed by atoms with van der Waals surface area (Å²) in [6.07, 6.45) is 0. The van der Waals surface area contributed by atoms with Gasteiger partial charge in [-0.05, 0) is 31.5 Å². The van der Waals surface area contributed by atoms with Crippen molar-refractivity contribution in [1.82, 2.24) is 4.98 Å². The third kappa shape index (κ3) is 3.52. The molecule has 0 saturated carbocycles. The summed E-state index contributed by atoms with van der Waals surface area (Å²) in [4.78, 5) is 33.1. The van der Waals surface area contributed by atoms with Gasteiger partial charge < -0.3 is 14.6 Å². The molecule has 1 unspecified atom stereocenters. The summed E-state index contributed by atoms with van der Waals surface area (Å²) in [5.41, 5.74) is 1.81. The number of ketones is 1. The van der Waals surface area contributed by atoms with Crippen LogP contribution in [-0.4, -0.2) is 36.0 Å². The number of nitrogens with zero attached hydrogens (tertiary/aromatic N) is 2. The van der Waals surface area contributed by atoms with E-state index in [1.165, 1.54) is 30.5 Å². The third-order valence-corrected chi connectivity index (χ3v) is 6.51. The SMILES string of the molecule is COc1ccc(C2C(=C(O)c3ccccc3)C(=O)C(=O)N2c2nc(C)c(C)s2)cc1OC. The summed E-state index contributed by atoms with van der Waals surface area (Å²) in [5, 5.41) is 11.5. The molecular formula is C24H22N2O5S. The molecule has 3 aromatic rings. The second kappa shape index (κ2) is 8.47. The number of carbonyl (C=O) groups is 2. The fourth-order valence-corrected chi connectivity index (χ4v) is 4.61. The molecule has 1 fully saturated rings. The third-order valence-electron chi connectivity index (χ3n) is 5.44. The van der Waals surface area contributed by atoms with Crippen molar-refractivity contribution in [2.75, 3.05) is 19.1 Å². The number of anilines is 1. The lowest BCUT2D eigenvalue weighted by Crippen LogP contribution is -2.29. The first kappa shape index (κ1) is 21.6. The Kier molecular flexibility index (Phi) is 5.71. The van der Waals surface area contributed by atoms with Crippen LogP contribution in [0.5, 0.6) is 11.5 Å². The minimum atomic E-state index is -0.875. The number of rotatable bonds is 5. The quantitative estimate of drug-likeness (QED) is 0.352. The Bertz CT molecular complexity index is 1210. The number of methoxy groups -OCH3 is 2. The van der Waals surface area contributed by atoms with Crippen LogP contribution in [0.1, 0.15) is 27.7 Å². The monoisotopic (exact) mass is 450 g/mol. The van der Waals surface area contributed by atoms with Crippen LogP contribution in [0.25, 0.3) is 5.76 Å². The van der Waals surface area contributed by atoms with Gasteiger partial charge in [-0.2, -0.15) is 0 Å². The maximum absolute atomic E-state index is 13.2. The summed E-state index contributed by atoms with van der Waals surface area (Å²) in [7, 11) is 3.04. The number of aliphatic hydroxyl groups is 1. The number of hydrogen-bond acceptors (Lipinski definition) is 7. The highest BCUT2D eigenvalue weighted by Crippen LogP contribution is 2.45. The molecule has 164 valence electrons. The van der Waals surface area contributed by atoms with Crippen LogP contribution in [0.2, 0.25) is 0 Å². The summed E-state index contributed by atoms with van der Waals surface area (Å²) in [5.74, 6) is -0.789. The van der Waals surface area contributed by atoms with Crippen molar-refractivity contribution in [2.45, 2.75) is 19.9 Å². The number of hydrogen-bond donors (Lipinski definition) is 1. The van der Waals surface area contributed by atoms with Crippen LogP contribution >= 0.6 is 11.3 Å². The predicted octanol–water partition coefficient (Wildman–Crippen LogP) is 4.40. The van der Waals surface area contributed by atoms with E-state index in [0.29, 0.717) is 27.8 Å². The van der Waals surface area contributed by atoms with E-state index in [4.69, 9.17) is 9.47 Å². The van der Waals surface area contributed by atoms with Crippen LogP contribution in [0.15, 0.2) is 54.1 Å². The lowest BCUT2D eigenvalue weighted by atomic mass is 9.95. The molecule has 2 heterocycles. The molecule has 1 aliphatic rings. The van der Waals surface area contributed by atoms with Crippen LogP contribution in [0.3, 0.4) is 0 Å². The molecular weight excluding hydrogens is 428 g/mol. The maximum atomic E-state index is 13.2. The highest BCUT2D eigenvalue weighted by Gasteiger charge is 2.48. The molecule has 1 aliphatic heterocycles. The average molecular weight is 451 g/mol. The van der Waals surface area contributed by atoms with Gasteiger partial charge in [0.15, 0.2) is 16.6 Å². The van der Waals surface area contributed by atoms with Crippen LogP contribution in [-0.2, 0) is 9.59 Å². The molecule has 1 amide bonds. The van der Waals surface area contributed by atoms with Gasteiger partial charge in [0.2, 0.25) is 0 Å². The fourth-order valence-electron chi connectivity index (χ4n) is 3.68. The standard InChI is InChI=1S/C24H22N2O5S/c1-13-14(2)32-24(25-13)26-20(16-10-11-17(30-3)18(12-16)31-4)19(22(28)23(26)29)21(27)15-8-6-5-7-9-15/h5-12,20,27H,1-4H3. The first-order valence-electron chi connectivity index (χ1n) is 9.89. The van der Waals surface area contributed by atoms with Gasteiger partial charge in [-0.3, -0.25) is 14.5 Å². The predicted molar refractivity (Wildman–Crippen MR) is 122 cm³/mol. The highest BCUT2D eigenvalue weighted by molar-refractivity contribution is 7.16. The highest BCUT2D eigenvalue weighted by atomic mass is 32.1. The molecule has 7 nitrogen and oxygen atoms in total. The number of carbonyl (C=O) groups excluding carboxylic acids is 2. The lowest BCUT2D eigenvalue weighted by Gasteiger charge is -2.23. The first-order chi connectivity index (χ1) is 15.4. The molecule has 1 saturated heterocycles. The molecule has 8 heteroatoms. The van der Waals surface area contributed by atoms with Crippen molar-refractivity contribution in [3.63, 3.8) is 0 Å². The molecule has 1 N–H and O–H groups in total. The second-order valence-corrected chi connectivity index (χ2v) is 8.47. The smallest absolute Gasteiger partial charge is 0.301 e. The van der Waals surface area contributed by atoms with Crippen molar-refractivity contribution < 1.29 is 24.2 Å². The molecule has 1 aromatic heterocycles. The number of Topliss-reactive ketones (excluding diaryl/α,β-unsaturated/α-hetero) is 1. The van der Waals surface area contributed by atoms with Crippen molar-refractivity contribution in [3.05, 3.63) is 75.8 Å². The number of ether oxygens (including phenoxy) is 2. The molecule has 1 atom stereocenters. The molecule has 2 aromatic carbocycles. The van der Waals surface area contributed by atoms with E-state index in [1.807, 2.05) is 19.9 Å². The van der Waals surface area contributed by atoms with Crippen molar-refractivity contribution >= 4 is 33.9 Å². The van der Waals surface area contributed by atoms with Gasteiger partial charge in [0, 0.05) is 10.4 Å². The van der Waals surface area contributed by atoms with E-state index in [0.717, 1.165) is 10.6 Å². The molecule has 32 heavy (non-hydrogen) atoms. The molecule has 0 aliphatic carbocycles. The van der Waals surface area contributed by atoms with Crippen LogP contribution < -0.4 is 14.4 Å². The summed E-state index contributed by atoms with van der Waals surface area (Å²) < 4.78 is 10.8. The van der Waals surface area contributed by atoms with Gasteiger partial charge >= 0.3 is 5.91 Å². The zero-order valence-corrected chi connectivity index (χ0v) is 18.9. The Labute approximate surface area is 189 Å². The van der Waals surface area contributed by atoms with Crippen molar-refractivity contribution in [3.8, 4) is 11.5 Å². The lowest BCUT2D eigenvalue weighted by molar-refractivity contribution is -0.132. The number of aliphatic hydroxyl groups excluding tert-OH is 1. The zero-order chi connectivity index (χ0) is 23.0. The molecule has 0 radical (unpaired) electrons. The van der Waals surface area contributed by atoms with Crippen molar-refractivity contribution in [2.24, 2.45) is 0 Å². The number of amides is 1. The van der Waals surface area contributed by atoms with Crippen LogP contribution in [0.4, 0.5) is 5.13 Å². The number of aryl methyl sites for hydroxylation is 2. The van der Waals surface area contributed by atoms with E-state index in [-0.39, 0.29) is 11.3 Å². The van der Waals surface area contributed by atoms with Crippen molar-refractivity contribution in [1.29, 1.82) is 0 Å². The minimum Gasteiger partial charge on any atom is -0.507 e. The largest absolute Gasteiger partial charge is 0.507 e. The topological polar surface area (TPSA) is 89.0 Å². The summed E-state index contributed by atoms with van der Waals surface area (Å²) >= 11 is 1.32. The van der Waals surface area contributed by atoms with E-state index in [1.54, 1.807) is 42.5 Å². The zero-order valence-electron chi connectivity index (χ0n) is 18.1. The Morgan fingerprint density at radius 2 is 1.72 bits per heavy atom. The molecule has 0 spiro atoms. The number of thiazole rings is 1. The van der Waals surface area contributed by atoms with E-state index >= 15 is 0 Å². The van der Waals surface area contributed by atoms with Crippen LogP contribution in [0, 0.1) is 13.8 Å². The fraction of sp³-hybridized carbons (Fsp3) is 0.208. The second-order valence-electron chi connectivity index (χ2n) is 7.29. The molecule has 4 rings (SSSR count). The minimum absolute atomic E-state index is 0.000994. The molecule has 0 bridgehead atoms. The van der Waals surface area contributed by atoms with Gasteiger partial charge in [0.05, 0.1) is 31.5 Å². The number of aromatic nitrogens is 1. The Hall–Kier alpha value is -3.65. The summed E-state index contributed by atoms with van der Waals surface area (Å²) in [6.45, 7) is 3.75. The summed E-state index contributed by atoms with van der Waals surface area (Å²) in [6, 6.07) is 13.0. The normalized spacial score (nSPS) is 17.6. The van der Waals surface area contributed by atoms with Gasteiger partial charge in [0.1, 0.15) is 5.76 Å². The Balaban J connectivity index is 1.97. The van der Waals surface area contributed by atoms with Gasteiger partial charge in [-0.15, -0.1) is 11.3 Å². The average Bonchev–Trinajstić information content (AvgIpc) is 3.28. The van der Waals surface area contributed by atoms with Gasteiger partial charge in [0.25, 0.3) is 5.78 Å². The first-order valence-corrected chi connectivity index (χ1v) is 10.7. The maximum Gasteiger partial charge on any atom is 0.301 e. The van der Waals surface area contributed by atoms with Gasteiger partial charge in [-0.1, -0.05) is 36.4 Å². The van der Waals surface area contributed by atoms with E-state index in [9.17, 15) is 14.7 Å². The van der Waals surface area contributed by atoms with Gasteiger partial charge in [-0.25, -0.2) is 4.98 Å². The number of benzene rings is 2. The van der Waals surface area contributed by atoms with E-state index in [2.05, 4.69) is 4.98 Å².